The molecule has 0 atom stereocenters. The fraction of sp³-hybridized carbons (Fsp3) is 0.263. The highest BCUT2D eigenvalue weighted by atomic mass is 16.5. The largest absolute Gasteiger partial charge is 0.486 e. The lowest BCUT2D eigenvalue weighted by molar-refractivity contribution is -0.123. The van der Waals surface area contributed by atoms with Crippen LogP contribution in [0.25, 0.3) is 6.08 Å². The van der Waals surface area contributed by atoms with Gasteiger partial charge in [0.1, 0.15) is 12.4 Å². The number of likely N-dealkylation sites (N-methyl/N-ethyl adjacent to an activating group) is 1. The first-order chi connectivity index (χ1) is 11.0. The van der Waals surface area contributed by atoms with Crippen LogP contribution in [0.5, 0.6) is 5.75 Å². The van der Waals surface area contributed by atoms with E-state index in [1.807, 2.05) is 38.1 Å². The van der Waals surface area contributed by atoms with Crippen molar-refractivity contribution in [2.45, 2.75) is 20.5 Å². The Kier molecular flexibility index (Phi) is 5.52. The highest BCUT2D eigenvalue weighted by Gasteiger charge is 2.08. The molecular weight excluding hydrogens is 288 g/mol. The van der Waals surface area contributed by atoms with Gasteiger partial charge < -0.3 is 9.64 Å². The molecule has 0 aliphatic heterocycles. The molecule has 0 saturated heterocycles. The number of aryl methyl sites for hydroxylation is 2. The normalized spacial score (nSPS) is 10.8. The molecule has 0 spiro atoms. The van der Waals surface area contributed by atoms with Crippen LogP contribution < -0.4 is 4.74 Å². The number of hydrogen-bond acceptors (Lipinski definition) is 3. The Hall–Kier alpha value is -2.62. The van der Waals surface area contributed by atoms with Gasteiger partial charge in [-0.2, -0.15) is 0 Å². The zero-order valence-electron chi connectivity index (χ0n) is 14.0. The Morgan fingerprint density at radius 1 is 1.26 bits per heavy atom. The van der Waals surface area contributed by atoms with Gasteiger partial charge in [-0.25, -0.2) is 0 Å². The lowest BCUT2D eigenvalue weighted by atomic mass is 10.0. The summed E-state index contributed by atoms with van der Waals surface area (Å²) in [5.41, 5.74) is 3.93. The minimum atomic E-state index is -0.0557. The first-order valence-electron chi connectivity index (χ1n) is 7.50. The highest BCUT2D eigenvalue weighted by molar-refractivity contribution is 5.91. The zero-order valence-corrected chi connectivity index (χ0v) is 14.0. The van der Waals surface area contributed by atoms with E-state index in [1.165, 1.54) is 4.90 Å². The second-order valence-electron chi connectivity index (χ2n) is 5.68. The van der Waals surface area contributed by atoms with E-state index >= 15 is 0 Å². The van der Waals surface area contributed by atoms with E-state index in [0.29, 0.717) is 6.61 Å². The summed E-state index contributed by atoms with van der Waals surface area (Å²) in [6.45, 7) is 4.43. The van der Waals surface area contributed by atoms with Crippen molar-refractivity contribution in [1.29, 1.82) is 0 Å². The Bertz CT molecular complexity index is 707. The molecule has 0 N–H and O–H groups in total. The Balaban J connectivity index is 2.25. The third kappa shape index (κ3) is 4.68. The van der Waals surface area contributed by atoms with Crippen LogP contribution in [0.4, 0.5) is 0 Å². The number of hydrogen-bond donors (Lipinski definition) is 0. The molecule has 1 aromatic heterocycles. The summed E-state index contributed by atoms with van der Waals surface area (Å²) in [4.78, 5) is 17.6. The van der Waals surface area contributed by atoms with Crippen LogP contribution in [0, 0.1) is 13.8 Å². The van der Waals surface area contributed by atoms with Gasteiger partial charge in [0.15, 0.2) is 0 Å². The fourth-order valence-electron chi connectivity index (χ4n) is 2.25. The molecule has 0 bridgehead atoms. The van der Waals surface area contributed by atoms with Gasteiger partial charge in [-0.1, -0.05) is 17.7 Å². The standard InChI is InChI=1S/C19H22N2O2/c1-14-11-15(2)19(23-13-17-7-5-6-10-20-17)16(12-14)8-9-18(22)21(3)4/h5-12H,13H2,1-4H3/b9-8+. The van der Waals surface area contributed by atoms with Crippen LogP contribution in [-0.2, 0) is 11.4 Å². The van der Waals surface area contributed by atoms with Crippen molar-refractivity contribution in [3.8, 4) is 5.75 Å². The van der Waals surface area contributed by atoms with Crippen molar-refractivity contribution in [2.24, 2.45) is 0 Å². The van der Waals surface area contributed by atoms with Crippen LogP contribution in [-0.4, -0.2) is 29.9 Å². The van der Waals surface area contributed by atoms with Crippen LogP contribution in [0.2, 0.25) is 0 Å². The molecule has 2 aromatic rings. The number of carbonyl (C=O) groups is 1. The van der Waals surface area contributed by atoms with Gasteiger partial charge in [0.05, 0.1) is 5.69 Å². The van der Waals surface area contributed by atoms with E-state index in [4.69, 9.17) is 4.74 Å². The molecule has 0 radical (unpaired) electrons. The smallest absolute Gasteiger partial charge is 0.246 e. The number of aromatic nitrogens is 1. The summed E-state index contributed by atoms with van der Waals surface area (Å²) in [7, 11) is 3.46. The molecule has 2 rings (SSSR count). The number of amides is 1. The minimum Gasteiger partial charge on any atom is -0.486 e. The van der Waals surface area contributed by atoms with Gasteiger partial charge >= 0.3 is 0 Å². The molecule has 0 unspecified atom stereocenters. The number of pyridine rings is 1. The van der Waals surface area contributed by atoms with E-state index in [0.717, 1.165) is 28.1 Å². The number of rotatable bonds is 5. The number of benzene rings is 1. The Morgan fingerprint density at radius 2 is 2.04 bits per heavy atom. The number of nitrogens with zero attached hydrogens (tertiary/aromatic N) is 2. The maximum Gasteiger partial charge on any atom is 0.246 e. The van der Waals surface area contributed by atoms with Crippen LogP contribution in [0.15, 0.2) is 42.6 Å². The van der Waals surface area contributed by atoms with Crippen molar-refractivity contribution in [3.63, 3.8) is 0 Å². The van der Waals surface area contributed by atoms with E-state index in [-0.39, 0.29) is 5.91 Å². The zero-order chi connectivity index (χ0) is 16.8. The van der Waals surface area contributed by atoms with Gasteiger partial charge in [-0.05, 0) is 43.7 Å². The predicted molar refractivity (Wildman–Crippen MR) is 92.2 cm³/mol. The molecule has 1 amide bonds. The van der Waals surface area contributed by atoms with E-state index in [2.05, 4.69) is 11.1 Å². The summed E-state index contributed by atoms with van der Waals surface area (Å²) >= 11 is 0. The first kappa shape index (κ1) is 16.7. The van der Waals surface area contributed by atoms with Gasteiger partial charge in [0.2, 0.25) is 5.91 Å². The van der Waals surface area contributed by atoms with Gasteiger partial charge in [0.25, 0.3) is 0 Å². The molecular formula is C19H22N2O2. The molecule has 1 aromatic carbocycles. The van der Waals surface area contributed by atoms with Crippen LogP contribution in [0.1, 0.15) is 22.4 Å². The maximum atomic E-state index is 11.8. The van der Waals surface area contributed by atoms with Crippen LogP contribution >= 0.6 is 0 Å². The summed E-state index contributed by atoms with van der Waals surface area (Å²) in [6.07, 6.45) is 5.11. The van der Waals surface area contributed by atoms with E-state index in [1.54, 1.807) is 32.4 Å². The Morgan fingerprint density at radius 3 is 2.70 bits per heavy atom. The minimum absolute atomic E-state index is 0.0557. The molecule has 0 fully saturated rings. The molecule has 0 aliphatic carbocycles. The number of ether oxygens (including phenoxy) is 1. The first-order valence-corrected chi connectivity index (χ1v) is 7.50. The van der Waals surface area contributed by atoms with E-state index < -0.39 is 0 Å². The summed E-state index contributed by atoms with van der Waals surface area (Å²) in [6, 6.07) is 9.82. The second-order valence-corrected chi connectivity index (χ2v) is 5.68. The van der Waals surface area contributed by atoms with Crippen molar-refractivity contribution < 1.29 is 9.53 Å². The van der Waals surface area contributed by atoms with Crippen molar-refractivity contribution in [3.05, 3.63) is 65.0 Å². The summed E-state index contributed by atoms with van der Waals surface area (Å²) < 4.78 is 5.96. The Labute approximate surface area is 137 Å². The SMILES string of the molecule is Cc1cc(C)c(OCc2ccccn2)c(/C=C/C(=O)N(C)C)c1. The van der Waals surface area contributed by atoms with Crippen molar-refractivity contribution in [1.82, 2.24) is 9.88 Å². The average molecular weight is 310 g/mol. The third-order valence-electron chi connectivity index (χ3n) is 3.38. The third-order valence-corrected chi connectivity index (χ3v) is 3.38. The summed E-state index contributed by atoms with van der Waals surface area (Å²) in [5, 5.41) is 0. The van der Waals surface area contributed by atoms with Crippen molar-refractivity contribution >= 4 is 12.0 Å². The molecule has 23 heavy (non-hydrogen) atoms. The number of carbonyl (C=O) groups excluding carboxylic acids is 1. The molecule has 120 valence electrons. The van der Waals surface area contributed by atoms with Crippen LogP contribution in [0.3, 0.4) is 0 Å². The van der Waals surface area contributed by atoms with E-state index in [9.17, 15) is 4.79 Å². The van der Waals surface area contributed by atoms with Gasteiger partial charge in [0, 0.05) is 31.9 Å². The highest BCUT2D eigenvalue weighted by Crippen LogP contribution is 2.27. The monoisotopic (exact) mass is 310 g/mol. The molecule has 4 heteroatoms. The molecule has 0 saturated carbocycles. The lowest BCUT2D eigenvalue weighted by Gasteiger charge is -2.13. The molecule has 4 nitrogen and oxygen atoms in total. The quantitative estimate of drug-likeness (QED) is 0.795. The fourth-order valence-corrected chi connectivity index (χ4v) is 2.25. The van der Waals surface area contributed by atoms with Crippen molar-refractivity contribution in [2.75, 3.05) is 14.1 Å². The maximum absolute atomic E-state index is 11.8. The molecule has 1 heterocycles. The lowest BCUT2D eigenvalue weighted by Crippen LogP contribution is -2.18. The predicted octanol–water partition coefficient (Wildman–Crippen LogP) is 3.38. The molecule has 0 aliphatic rings. The second kappa shape index (κ2) is 7.58. The topological polar surface area (TPSA) is 42.4 Å². The average Bonchev–Trinajstić information content (AvgIpc) is 2.52. The summed E-state index contributed by atoms with van der Waals surface area (Å²) in [5.74, 6) is 0.726. The van der Waals surface area contributed by atoms with Gasteiger partial charge in [-0.15, -0.1) is 0 Å². The van der Waals surface area contributed by atoms with Gasteiger partial charge in [-0.3, -0.25) is 9.78 Å².